The van der Waals surface area contributed by atoms with Crippen LogP contribution in [0.1, 0.15) is 63.5 Å². The number of alkyl halides is 3. The lowest BCUT2D eigenvalue weighted by molar-refractivity contribution is -0.138. The first kappa shape index (κ1) is 38.0. The van der Waals surface area contributed by atoms with Gasteiger partial charge in [-0.05, 0) is 104 Å². The third kappa shape index (κ3) is 8.98. The van der Waals surface area contributed by atoms with Crippen LogP contribution in [-0.4, -0.2) is 65.7 Å². The number of benzene rings is 4. The number of nitrogens with zero attached hydrogens (tertiary/aromatic N) is 3. The van der Waals surface area contributed by atoms with E-state index in [2.05, 4.69) is 25.8 Å². The van der Waals surface area contributed by atoms with Crippen molar-refractivity contribution in [3.05, 3.63) is 131 Å². The lowest BCUT2D eigenvalue weighted by atomic mass is 10.1. The van der Waals surface area contributed by atoms with Crippen molar-refractivity contribution in [1.29, 1.82) is 0 Å². The number of nitrogens with one attached hydrogen (secondary N) is 3. The van der Waals surface area contributed by atoms with Crippen LogP contribution in [0.2, 0.25) is 0 Å². The highest BCUT2D eigenvalue weighted by molar-refractivity contribution is 6.04. The van der Waals surface area contributed by atoms with Crippen LogP contribution in [0.4, 0.5) is 18.9 Å². The first-order valence-corrected chi connectivity index (χ1v) is 18.3. The summed E-state index contributed by atoms with van der Waals surface area (Å²) >= 11 is 0. The van der Waals surface area contributed by atoms with Gasteiger partial charge in [-0.3, -0.25) is 34.4 Å². The molecule has 2 fully saturated rings. The molecule has 4 aromatic carbocycles. The predicted octanol–water partition coefficient (Wildman–Crippen LogP) is 6.39. The van der Waals surface area contributed by atoms with Gasteiger partial charge in [-0.25, -0.2) is 0 Å². The van der Waals surface area contributed by atoms with Crippen LogP contribution < -0.4 is 25.6 Å². The van der Waals surface area contributed by atoms with Gasteiger partial charge in [-0.1, -0.05) is 18.2 Å². The molecule has 2 atom stereocenters. The molecule has 1 aromatic heterocycles. The highest BCUT2D eigenvalue weighted by Crippen LogP contribution is 2.34. The van der Waals surface area contributed by atoms with E-state index in [4.69, 9.17) is 9.72 Å². The van der Waals surface area contributed by atoms with Crippen LogP contribution in [0.15, 0.2) is 103 Å². The van der Waals surface area contributed by atoms with E-state index in [9.17, 15) is 32.3 Å². The van der Waals surface area contributed by atoms with E-state index in [1.807, 2.05) is 43.3 Å². The molecule has 3 N–H and O–H groups in total. The van der Waals surface area contributed by atoms with Crippen LogP contribution >= 0.6 is 0 Å². The molecule has 2 aliphatic heterocycles. The lowest BCUT2D eigenvalue weighted by Gasteiger charge is -2.36. The van der Waals surface area contributed by atoms with Crippen LogP contribution in [0.3, 0.4) is 0 Å². The van der Waals surface area contributed by atoms with Gasteiger partial charge in [0.05, 0.1) is 23.0 Å². The molecule has 56 heavy (non-hydrogen) atoms. The number of carbonyl (C=O) groups is 4. The number of hydrogen-bond acceptors (Lipinski definition) is 8. The molecule has 4 amide bonds. The SMILES string of the molecule is C[C@H](NC(=O)c1ccc2c(Oc3ccc(C(F)(F)F)cc3)cccc2c1)c1cccc(CN2CCN(c3ccc(C(=O)N[C@H]4CCC(=O)NC4=O)cc3)CC2)n1. The maximum atomic E-state index is 13.3. The van der Waals surface area contributed by atoms with Crippen LogP contribution in [0.25, 0.3) is 10.8 Å². The van der Waals surface area contributed by atoms with E-state index in [1.54, 1.807) is 42.5 Å². The number of piperidine rings is 1. The van der Waals surface area contributed by atoms with Crippen molar-refractivity contribution in [3.8, 4) is 11.5 Å². The minimum absolute atomic E-state index is 0.191. The molecule has 7 rings (SSSR count). The molecule has 288 valence electrons. The number of aromatic nitrogens is 1. The molecule has 0 radical (unpaired) electrons. The Balaban J connectivity index is 0.906. The van der Waals surface area contributed by atoms with Crippen LogP contribution in [0.5, 0.6) is 11.5 Å². The van der Waals surface area contributed by atoms with Crippen molar-refractivity contribution < 1.29 is 37.1 Å². The Morgan fingerprint density at radius 2 is 1.59 bits per heavy atom. The molecule has 0 saturated carbocycles. The van der Waals surface area contributed by atoms with Gasteiger partial charge in [-0.2, -0.15) is 13.2 Å². The number of pyridine rings is 1. The van der Waals surface area contributed by atoms with E-state index in [0.717, 1.165) is 60.8 Å². The number of ether oxygens (including phenoxy) is 1. The summed E-state index contributed by atoms with van der Waals surface area (Å²) in [5, 5.41) is 9.43. The molecular weight excluding hydrogens is 725 g/mol. The van der Waals surface area contributed by atoms with Crippen LogP contribution in [0, 0.1) is 0 Å². The van der Waals surface area contributed by atoms with E-state index < -0.39 is 23.7 Å². The Morgan fingerprint density at radius 1 is 0.875 bits per heavy atom. The first-order chi connectivity index (χ1) is 26.9. The molecule has 2 aliphatic rings. The van der Waals surface area contributed by atoms with E-state index in [0.29, 0.717) is 28.8 Å². The van der Waals surface area contributed by atoms with Gasteiger partial charge in [0.25, 0.3) is 11.8 Å². The monoisotopic (exact) mass is 764 g/mol. The summed E-state index contributed by atoms with van der Waals surface area (Å²) in [4.78, 5) is 58.9. The predicted molar refractivity (Wildman–Crippen MR) is 203 cm³/mol. The Hall–Kier alpha value is -6.28. The van der Waals surface area contributed by atoms with Gasteiger partial charge in [-0.15, -0.1) is 0 Å². The van der Waals surface area contributed by atoms with Crippen molar-refractivity contribution in [3.63, 3.8) is 0 Å². The summed E-state index contributed by atoms with van der Waals surface area (Å²) in [6.45, 7) is 5.68. The molecule has 11 nitrogen and oxygen atoms in total. The minimum Gasteiger partial charge on any atom is -0.457 e. The third-order valence-electron chi connectivity index (χ3n) is 9.93. The van der Waals surface area contributed by atoms with Crippen LogP contribution in [-0.2, 0) is 22.3 Å². The highest BCUT2D eigenvalue weighted by atomic mass is 19.4. The fraction of sp³-hybridized carbons (Fsp3) is 0.262. The van der Waals surface area contributed by atoms with Gasteiger partial charge in [0.15, 0.2) is 0 Å². The summed E-state index contributed by atoms with van der Waals surface area (Å²) in [6.07, 6.45) is -3.96. The highest BCUT2D eigenvalue weighted by Gasteiger charge is 2.30. The topological polar surface area (TPSA) is 133 Å². The third-order valence-corrected chi connectivity index (χ3v) is 9.93. The Morgan fingerprint density at radius 3 is 2.30 bits per heavy atom. The number of halogens is 3. The molecule has 5 aromatic rings. The van der Waals surface area contributed by atoms with E-state index in [-0.39, 0.29) is 42.4 Å². The van der Waals surface area contributed by atoms with Crippen molar-refractivity contribution in [2.45, 2.75) is 44.6 Å². The average molecular weight is 765 g/mol. The zero-order valence-electron chi connectivity index (χ0n) is 30.4. The van der Waals surface area contributed by atoms with Gasteiger partial charge in [0.1, 0.15) is 17.5 Å². The summed E-state index contributed by atoms with van der Waals surface area (Å²) in [7, 11) is 0. The van der Waals surface area contributed by atoms with Crippen molar-refractivity contribution in [2.75, 3.05) is 31.1 Å². The maximum Gasteiger partial charge on any atom is 0.416 e. The summed E-state index contributed by atoms with van der Waals surface area (Å²) in [5.41, 5.74) is 2.72. The number of anilines is 1. The maximum absolute atomic E-state index is 13.3. The van der Waals surface area contributed by atoms with Crippen molar-refractivity contribution in [2.24, 2.45) is 0 Å². The molecule has 3 heterocycles. The first-order valence-electron chi connectivity index (χ1n) is 18.3. The second kappa shape index (κ2) is 16.2. The molecule has 2 saturated heterocycles. The standard InChI is InChI=1S/C42H39F3N6O5/c1-26(46-40(54)29-10-17-34-28(24-29)4-2-7-37(34)56-33-15-11-30(12-16-33)42(43,44)45)35-6-3-5-31(47-35)25-50-20-22-51(23-21-50)32-13-8-27(9-14-32)39(53)48-36-18-19-38(52)49-41(36)55/h2-17,24,26,36H,18-23,25H2,1H3,(H,46,54)(H,48,53)(H,49,52,55)/t26-,36-/m0/s1. The Labute approximate surface area is 320 Å². The fourth-order valence-corrected chi connectivity index (χ4v) is 6.79. The number of fused-ring (bicyclic) bond motifs is 1. The largest absolute Gasteiger partial charge is 0.457 e. The quantitative estimate of drug-likeness (QED) is 0.139. The van der Waals surface area contributed by atoms with Gasteiger partial charge >= 0.3 is 6.18 Å². The number of carbonyl (C=O) groups excluding carboxylic acids is 4. The lowest BCUT2D eigenvalue weighted by Crippen LogP contribution is -2.52. The number of imide groups is 1. The fourth-order valence-electron chi connectivity index (χ4n) is 6.79. The smallest absolute Gasteiger partial charge is 0.416 e. The van der Waals surface area contributed by atoms with Gasteiger partial charge < -0.3 is 20.3 Å². The summed E-state index contributed by atoms with van der Waals surface area (Å²) < 4.78 is 44.8. The number of hydrogen-bond donors (Lipinski definition) is 3. The second-order valence-electron chi connectivity index (χ2n) is 13.9. The van der Waals surface area contributed by atoms with E-state index in [1.165, 1.54) is 12.1 Å². The Kier molecular flexibility index (Phi) is 11.0. The summed E-state index contributed by atoms with van der Waals surface area (Å²) in [5.74, 6) is -0.745. The molecular formula is C42H39F3N6O5. The number of rotatable bonds is 10. The molecule has 0 aliphatic carbocycles. The molecule has 0 spiro atoms. The van der Waals surface area contributed by atoms with Crippen molar-refractivity contribution >= 4 is 40.1 Å². The number of piperazine rings is 1. The van der Waals surface area contributed by atoms with Crippen molar-refractivity contribution in [1.82, 2.24) is 25.8 Å². The number of amides is 4. The van der Waals surface area contributed by atoms with Gasteiger partial charge in [0.2, 0.25) is 11.8 Å². The zero-order chi connectivity index (χ0) is 39.4. The summed E-state index contributed by atoms with van der Waals surface area (Å²) in [6, 6.07) is 26.9. The average Bonchev–Trinajstić information content (AvgIpc) is 3.19. The minimum atomic E-state index is -4.44. The Bertz CT molecular complexity index is 2260. The molecule has 14 heteroatoms. The normalized spacial score (nSPS) is 16.9. The zero-order valence-corrected chi connectivity index (χ0v) is 30.4. The molecule has 0 bridgehead atoms. The van der Waals surface area contributed by atoms with Gasteiger partial charge in [0, 0.05) is 61.3 Å². The van der Waals surface area contributed by atoms with E-state index >= 15 is 0 Å². The molecule has 0 unspecified atom stereocenters. The second-order valence-corrected chi connectivity index (χ2v) is 13.9.